The first-order chi connectivity index (χ1) is 11.5. The van der Waals surface area contributed by atoms with Gasteiger partial charge < -0.3 is 20.7 Å². The van der Waals surface area contributed by atoms with E-state index in [1.165, 1.54) is 0 Å². The number of likely N-dealkylation sites (tertiary alicyclic amines) is 1. The molecule has 0 unspecified atom stereocenters. The van der Waals surface area contributed by atoms with E-state index in [9.17, 15) is 14.4 Å². The quantitative estimate of drug-likeness (QED) is 0.850. The molecule has 0 bridgehead atoms. The lowest BCUT2D eigenvalue weighted by atomic mass is 9.96. The number of nitrogens with one attached hydrogen (secondary N) is 1. The molecule has 1 saturated heterocycles. The van der Waals surface area contributed by atoms with Crippen molar-refractivity contribution >= 4 is 23.4 Å². The van der Waals surface area contributed by atoms with Crippen molar-refractivity contribution in [3.8, 4) is 5.75 Å². The minimum absolute atomic E-state index is 0.0127. The lowest BCUT2D eigenvalue weighted by molar-refractivity contribution is -0.134. The topological polar surface area (TPSA) is 102 Å². The van der Waals surface area contributed by atoms with Gasteiger partial charge in [0.25, 0.3) is 0 Å². The molecule has 1 aromatic rings. The van der Waals surface area contributed by atoms with Crippen molar-refractivity contribution in [2.75, 3.05) is 25.0 Å². The number of amides is 3. The Balaban J connectivity index is 1.63. The van der Waals surface area contributed by atoms with Crippen molar-refractivity contribution < 1.29 is 19.1 Å². The molecule has 3 N–H and O–H groups in total. The maximum absolute atomic E-state index is 12.4. The smallest absolute Gasteiger partial charge is 0.227 e. The van der Waals surface area contributed by atoms with Crippen molar-refractivity contribution in [1.82, 2.24) is 4.90 Å². The highest BCUT2D eigenvalue weighted by Gasteiger charge is 2.26. The first kappa shape index (κ1) is 16.3. The van der Waals surface area contributed by atoms with Gasteiger partial charge in [0.05, 0.1) is 25.1 Å². The molecule has 3 rings (SSSR count). The summed E-state index contributed by atoms with van der Waals surface area (Å²) in [5.74, 6) is 0.126. The van der Waals surface area contributed by atoms with Crippen LogP contribution >= 0.6 is 0 Å². The van der Waals surface area contributed by atoms with Gasteiger partial charge in [-0.05, 0) is 30.5 Å². The van der Waals surface area contributed by atoms with E-state index in [1.807, 2.05) is 6.07 Å². The summed E-state index contributed by atoms with van der Waals surface area (Å²) >= 11 is 0. The van der Waals surface area contributed by atoms with Crippen LogP contribution in [0.2, 0.25) is 0 Å². The Labute approximate surface area is 140 Å². The second kappa shape index (κ2) is 6.90. The first-order valence-electron chi connectivity index (χ1n) is 8.15. The average Bonchev–Trinajstić information content (AvgIpc) is 2.75. The Kier molecular flexibility index (Phi) is 4.69. The molecule has 2 aliphatic heterocycles. The molecule has 2 heterocycles. The van der Waals surface area contributed by atoms with Crippen molar-refractivity contribution in [3.05, 3.63) is 23.8 Å². The van der Waals surface area contributed by atoms with E-state index >= 15 is 0 Å². The molecule has 0 aliphatic carbocycles. The van der Waals surface area contributed by atoms with Gasteiger partial charge >= 0.3 is 0 Å². The Morgan fingerprint density at radius 1 is 1.29 bits per heavy atom. The summed E-state index contributed by atoms with van der Waals surface area (Å²) in [7, 11) is 0. The van der Waals surface area contributed by atoms with Crippen LogP contribution in [-0.2, 0) is 20.8 Å². The van der Waals surface area contributed by atoms with Crippen LogP contribution in [0.5, 0.6) is 5.75 Å². The summed E-state index contributed by atoms with van der Waals surface area (Å²) in [6.45, 7) is 1.46. The zero-order chi connectivity index (χ0) is 17.1. The number of hydrogen-bond acceptors (Lipinski definition) is 4. The fourth-order valence-corrected chi connectivity index (χ4v) is 3.08. The summed E-state index contributed by atoms with van der Waals surface area (Å²) < 4.78 is 5.51. The lowest BCUT2D eigenvalue weighted by Crippen LogP contribution is -2.42. The first-order valence-corrected chi connectivity index (χ1v) is 8.15. The van der Waals surface area contributed by atoms with Gasteiger partial charge in [0.15, 0.2) is 0 Å². The fraction of sp³-hybridized carbons (Fsp3) is 0.471. The van der Waals surface area contributed by atoms with Crippen molar-refractivity contribution in [2.45, 2.75) is 25.7 Å². The van der Waals surface area contributed by atoms with Crippen molar-refractivity contribution in [2.24, 2.45) is 11.7 Å². The number of nitrogens with two attached hydrogens (primary N) is 1. The molecule has 1 fully saturated rings. The van der Waals surface area contributed by atoms with Crippen LogP contribution in [0.25, 0.3) is 0 Å². The summed E-state index contributed by atoms with van der Waals surface area (Å²) in [6.07, 6.45) is 1.81. The molecular weight excluding hydrogens is 310 g/mol. The van der Waals surface area contributed by atoms with Crippen LogP contribution in [-0.4, -0.2) is 42.3 Å². The van der Waals surface area contributed by atoms with Gasteiger partial charge in [-0.1, -0.05) is 6.07 Å². The number of carbonyl (C=O) groups excluding carboxylic acids is 3. The van der Waals surface area contributed by atoms with Crippen LogP contribution in [0, 0.1) is 5.92 Å². The number of hydrogen-bond donors (Lipinski definition) is 2. The molecule has 3 amide bonds. The third-order valence-electron chi connectivity index (χ3n) is 4.51. The zero-order valence-electron chi connectivity index (χ0n) is 13.4. The maximum atomic E-state index is 12.4. The minimum atomic E-state index is -0.288. The summed E-state index contributed by atoms with van der Waals surface area (Å²) in [5, 5.41) is 2.79. The maximum Gasteiger partial charge on any atom is 0.227 e. The predicted octanol–water partition coefficient (Wildman–Crippen LogP) is 0.674. The van der Waals surface area contributed by atoms with Gasteiger partial charge in [-0.3, -0.25) is 14.4 Å². The Bertz CT molecular complexity index is 666. The molecule has 2 aliphatic rings. The van der Waals surface area contributed by atoms with E-state index in [4.69, 9.17) is 10.5 Å². The zero-order valence-corrected chi connectivity index (χ0v) is 13.4. The van der Waals surface area contributed by atoms with E-state index in [2.05, 4.69) is 5.32 Å². The molecule has 0 saturated carbocycles. The van der Waals surface area contributed by atoms with Gasteiger partial charge in [0.2, 0.25) is 17.7 Å². The SMILES string of the molecule is NC(=O)C1CCN(C(=O)Cc2ccc3c(c2)NC(=O)CCO3)CC1. The molecule has 7 nitrogen and oxygen atoms in total. The number of fused-ring (bicyclic) bond motifs is 1. The largest absolute Gasteiger partial charge is 0.491 e. The fourth-order valence-electron chi connectivity index (χ4n) is 3.08. The predicted molar refractivity (Wildman–Crippen MR) is 87.4 cm³/mol. The molecular formula is C17H21N3O4. The second-order valence-corrected chi connectivity index (χ2v) is 6.21. The van der Waals surface area contributed by atoms with Crippen LogP contribution in [0.1, 0.15) is 24.8 Å². The van der Waals surface area contributed by atoms with Crippen molar-refractivity contribution in [1.29, 1.82) is 0 Å². The van der Waals surface area contributed by atoms with Gasteiger partial charge in [-0.25, -0.2) is 0 Å². The number of primary amides is 1. The Hall–Kier alpha value is -2.57. The summed E-state index contributed by atoms with van der Waals surface area (Å²) in [4.78, 5) is 37.0. The highest BCUT2D eigenvalue weighted by molar-refractivity contribution is 5.93. The van der Waals surface area contributed by atoms with Crippen LogP contribution in [0.15, 0.2) is 18.2 Å². The van der Waals surface area contributed by atoms with Crippen LogP contribution in [0.4, 0.5) is 5.69 Å². The van der Waals surface area contributed by atoms with E-state index in [1.54, 1.807) is 17.0 Å². The van der Waals surface area contributed by atoms with E-state index in [0.717, 1.165) is 5.56 Å². The third-order valence-corrected chi connectivity index (χ3v) is 4.51. The third kappa shape index (κ3) is 3.67. The standard InChI is InChI=1S/C17H21N3O4/c18-17(23)12-3-6-20(7-4-12)16(22)10-11-1-2-14-13(9-11)19-15(21)5-8-24-14/h1-2,9,12H,3-8,10H2,(H2,18,23)(H,19,21). The summed E-state index contributed by atoms with van der Waals surface area (Å²) in [5.41, 5.74) is 6.74. The van der Waals surface area contributed by atoms with Crippen molar-refractivity contribution in [3.63, 3.8) is 0 Å². The Morgan fingerprint density at radius 2 is 2.04 bits per heavy atom. The van der Waals surface area contributed by atoms with E-state index in [-0.39, 0.29) is 30.1 Å². The van der Waals surface area contributed by atoms with Crippen LogP contribution in [0.3, 0.4) is 0 Å². The number of ether oxygens (including phenoxy) is 1. The van der Waals surface area contributed by atoms with Gasteiger partial charge in [0.1, 0.15) is 5.75 Å². The highest BCUT2D eigenvalue weighted by Crippen LogP contribution is 2.28. The summed E-state index contributed by atoms with van der Waals surface area (Å²) in [6, 6.07) is 5.40. The van der Waals surface area contributed by atoms with E-state index < -0.39 is 0 Å². The number of benzene rings is 1. The van der Waals surface area contributed by atoms with Gasteiger partial charge in [-0.15, -0.1) is 0 Å². The number of rotatable bonds is 3. The molecule has 1 aromatic carbocycles. The van der Waals surface area contributed by atoms with Crippen LogP contribution < -0.4 is 15.8 Å². The molecule has 128 valence electrons. The molecule has 24 heavy (non-hydrogen) atoms. The molecule has 0 atom stereocenters. The molecule has 7 heteroatoms. The van der Waals surface area contributed by atoms with E-state index in [0.29, 0.717) is 50.4 Å². The number of piperidine rings is 1. The molecule has 0 spiro atoms. The molecule has 0 radical (unpaired) electrons. The van der Waals surface area contributed by atoms with Gasteiger partial charge in [0, 0.05) is 19.0 Å². The Morgan fingerprint density at radius 3 is 2.75 bits per heavy atom. The minimum Gasteiger partial charge on any atom is -0.491 e. The monoisotopic (exact) mass is 331 g/mol. The highest BCUT2D eigenvalue weighted by atomic mass is 16.5. The number of anilines is 1. The lowest BCUT2D eigenvalue weighted by Gasteiger charge is -2.30. The average molecular weight is 331 g/mol. The van der Waals surface area contributed by atoms with Gasteiger partial charge in [-0.2, -0.15) is 0 Å². The normalized spacial score (nSPS) is 18.2. The second-order valence-electron chi connectivity index (χ2n) is 6.21. The number of nitrogens with zero attached hydrogens (tertiary/aromatic N) is 1. The molecule has 0 aromatic heterocycles. The number of carbonyl (C=O) groups is 3.